The molecule has 1 aromatic rings. The number of carbonyl (C=O) groups is 1. The van der Waals surface area contributed by atoms with Crippen molar-refractivity contribution in [2.24, 2.45) is 0 Å². The minimum Gasteiger partial charge on any atom is -1.00 e. The summed E-state index contributed by atoms with van der Waals surface area (Å²) in [5.41, 5.74) is 0.540. The summed E-state index contributed by atoms with van der Waals surface area (Å²) in [6, 6.07) is 3.98. The average Bonchev–Trinajstić information content (AvgIpc) is 2.27. The SMILES string of the molecule is CCOC(=O)Cc1ccc(S(=O)(=O)O)c(OC)c1.[H-].[K+]. The Kier molecular flexibility index (Phi) is 8.37. The Morgan fingerprint density at radius 3 is 2.53 bits per heavy atom. The third-order valence-corrected chi connectivity index (χ3v) is 3.05. The molecule has 19 heavy (non-hydrogen) atoms. The van der Waals surface area contributed by atoms with Crippen LogP contribution in [0.5, 0.6) is 5.75 Å². The molecule has 0 heterocycles. The Morgan fingerprint density at radius 1 is 1.42 bits per heavy atom. The van der Waals surface area contributed by atoms with Crippen LogP contribution in [-0.2, 0) is 26.1 Å². The van der Waals surface area contributed by atoms with E-state index in [1.165, 1.54) is 25.3 Å². The summed E-state index contributed by atoms with van der Waals surface area (Å²) in [5.74, 6) is -0.432. The van der Waals surface area contributed by atoms with Gasteiger partial charge in [0.25, 0.3) is 10.1 Å². The molecule has 0 spiro atoms. The molecule has 0 fully saturated rings. The molecule has 8 heteroatoms. The number of ether oxygens (including phenoxy) is 2. The molecule has 0 saturated carbocycles. The van der Waals surface area contributed by atoms with E-state index in [9.17, 15) is 13.2 Å². The minimum absolute atomic E-state index is 0. The van der Waals surface area contributed by atoms with Crippen molar-refractivity contribution in [1.82, 2.24) is 0 Å². The third-order valence-electron chi connectivity index (χ3n) is 2.16. The van der Waals surface area contributed by atoms with Crippen molar-refractivity contribution in [2.75, 3.05) is 13.7 Å². The van der Waals surface area contributed by atoms with E-state index in [4.69, 9.17) is 14.0 Å². The second kappa shape index (κ2) is 8.35. The zero-order chi connectivity index (χ0) is 13.8. The van der Waals surface area contributed by atoms with E-state index < -0.39 is 16.1 Å². The molecular formula is C11H15KO6S. The van der Waals surface area contributed by atoms with Crippen LogP contribution < -0.4 is 56.1 Å². The topological polar surface area (TPSA) is 89.9 Å². The Hall–Kier alpha value is 0.0364. The van der Waals surface area contributed by atoms with Gasteiger partial charge in [-0.25, -0.2) is 0 Å². The minimum atomic E-state index is -4.34. The summed E-state index contributed by atoms with van der Waals surface area (Å²) < 4.78 is 40.7. The molecule has 6 nitrogen and oxygen atoms in total. The smallest absolute Gasteiger partial charge is 1.00 e. The largest absolute Gasteiger partial charge is 1.00 e. The Balaban J connectivity index is 0. The number of hydrogen-bond donors (Lipinski definition) is 1. The molecule has 0 radical (unpaired) electrons. The molecule has 0 saturated heterocycles. The van der Waals surface area contributed by atoms with Crippen LogP contribution in [0.1, 0.15) is 13.9 Å². The molecule has 0 bridgehead atoms. The fourth-order valence-corrected chi connectivity index (χ4v) is 2.05. The molecule has 0 aliphatic rings. The maximum Gasteiger partial charge on any atom is 1.00 e. The summed E-state index contributed by atoms with van der Waals surface area (Å²) in [4.78, 5) is 10.9. The van der Waals surface area contributed by atoms with Crippen molar-refractivity contribution in [2.45, 2.75) is 18.2 Å². The van der Waals surface area contributed by atoms with Gasteiger partial charge in [0, 0.05) is 0 Å². The van der Waals surface area contributed by atoms with Crippen molar-refractivity contribution in [3.05, 3.63) is 23.8 Å². The van der Waals surface area contributed by atoms with Gasteiger partial charge >= 0.3 is 57.4 Å². The Morgan fingerprint density at radius 2 is 2.05 bits per heavy atom. The van der Waals surface area contributed by atoms with Crippen LogP contribution >= 0.6 is 0 Å². The van der Waals surface area contributed by atoms with E-state index in [0.29, 0.717) is 5.56 Å². The predicted molar refractivity (Wildman–Crippen MR) is 64.3 cm³/mol. The average molecular weight is 314 g/mol. The number of esters is 1. The zero-order valence-electron chi connectivity index (χ0n) is 12.0. The molecular weight excluding hydrogens is 299 g/mol. The molecule has 0 aliphatic carbocycles. The molecule has 0 amide bonds. The maximum absolute atomic E-state index is 11.3. The first-order chi connectivity index (χ1) is 8.38. The van der Waals surface area contributed by atoms with Gasteiger partial charge in [0.15, 0.2) is 0 Å². The zero-order valence-corrected chi connectivity index (χ0v) is 15.0. The quantitative estimate of drug-likeness (QED) is 0.390. The summed E-state index contributed by atoms with van der Waals surface area (Å²) in [6.07, 6.45) is 0.00988. The molecule has 1 aromatic carbocycles. The van der Waals surface area contributed by atoms with Crippen LogP contribution in [0, 0.1) is 0 Å². The molecule has 0 unspecified atom stereocenters. The first-order valence-corrected chi connectivity index (χ1v) is 6.62. The van der Waals surface area contributed by atoms with Crippen LogP contribution in [0.3, 0.4) is 0 Å². The van der Waals surface area contributed by atoms with Crippen molar-refractivity contribution in [3.63, 3.8) is 0 Å². The van der Waals surface area contributed by atoms with Gasteiger partial charge in [-0.15, -0.1) is 0 Å². The van der Waals surface area contributed by atoms with Gasteiger partial charge < -0.3 is 10.9 Å². The van der Waals surface area contributed by atoms with Crippen LogP contribution in [0.4, 0.5) is 0 Å². The van der Waals surface area contributed by atoms with E-state index in [0.717, 1.165) is 0 Å². The van der Waals surface area contributed by atoms with Crippen molar-refractivity contribution >= 4 is 16.1 Å². The second-order valence-corrected chi connectivity index (χ2v) is 4.83. The number of carbonyl (C=O) groups excluding carboxylic acids is 1. The third kappa shape index (κ3) is 5.90. The number of rotatable bonds is 5. The van der Waals surface area contributed by atoms with E-state index in [-0.39, 0.29) is 76.5 Å². The van der Waals surface area contributed by atoms with Gasteiger partial charge in [-0.2, -0.15) is 8.42 Å². The van der Waals surface area contributed by atoms with Gasteiger partial charge in [0.2, 0.25) is 0 Å². The second-order valence-electron chi connectivity index (χ2n) is 3.44. The monoisotopic (exact) mass is 314 g/mol. The van der Waals surface area contributed by atoms with Gasteiger partial charge in [-0.3, -0.25) is 9.35 Å². The molecule has 0 aromatic heterocycles. The van der Waals surface area contributed by atoms with Gasteiger partial charge in [0.05, 0.1) is 20.1 Å². The van der Waals surface area contributed by atoms with Gasteiger partial charge in [-0.1, -0.05) is 6.07 Å². The van der Waals surface area contributed by atoms with Crippen LogP contribution in [0.25, 0.3) is 0 Å². The van der Waals surface area contributed by atoms with E-state index >= 15 is 0 Å². The molecule has 1 N–H and O–H groups in total. The number of hydrogen-bond acceptors (Lipinski definition) is 5. The predicted octanol–water partition coefficient (Wildman–Crippen LogP) is -1.84. The van der Waals surface area contributed by atoms with Gasteiger partial charge in [0.1, 0.15) is 10.6 Å². The Bertz CT molecular complexity index is 546. The van der Waals surface area contributed by atoms with Gasteiger partial charge in [-0.05, 0) is 24.6 Å². The van der Waals surface area contributed by atoms with E-state index in [1.54, 1.807) is 6.92 Å². The first kappa shape index (κ1) is 19.0. The van der Waals surface area contributed by atoms with E-state index in [1.807, 2.05) is 0 Å². The normalized spacial score (nSPS) is 10.5. The number of benzene rings is 1. The summed E-state index contributed by atoms with van der Waals surface area (Å²) in [7, 11) is -3.07. The summed E-state index contributed by atoms with van der Waals surface area (Å²) in [5, 5.41) is 0. The first-order valence-electron chi connectivity index (χ1n) is 5.18. The number of methoxy groups -OCH3 is 1. The maximum atomic E-state index is 11.3. The molecule has 1 rings (SSSR count). The van der Waals surface area contributed by atoms with Crippen molar-refractivity contribution in [1.29, 1.82) is 0 Å². The summed E-state index contributed by atoms with van der Waals surface area (Å²) >= 11 is 0. The fraction of sp³-hybridized carbons (Fsp3) is 0.364. The fourth-order valence-electron chi connectivity index (χ4n) is 1.41. The Labute approximate surface area is 156 Å². The van der Waals surface area contributed by atoms with Crippen molar-refractivity contribution in [3.8, 4) is 5.75 Å². The summed E-state index contributed by atoms with van der Waals surface area (Å²) in [6.45, 7) is 1.97. The molecule has 102 valence electrons. The molecule has 0 atom stereocenters. The van der Waals surface area contributed by atoms with Crippen LogP contribution in [0.15, 0.2) is 23.1 Å². The van der Waals surface area contributed by atoms with Crippen LogP contribution in [-0.4, -0.2) is 32.7 Å². The van der Waals surface area contributed by atoms with Crippen LogP contribution in [0.2, 0.25) is 0 Å². The standard InChI is InChI=1S/C11H14O6S.K.H/c1-3-17-11(12)7-8-4-5-10(18(13,14)15)9(6-8)16-2;;/h4-6H,3,7H2,1-2H3,(H,13,14,15);;/q;+1;-1. The molecule has 0 aliphatic heterocycles. The van der Waals surface area contributed by atoms with E-state index in [2.05, 4.69) is 0 Å². The van der Waals surface area contributed by atoms with Crippen molar-refractivity contribution < 1.29 is 80.0 Å².